The van der Waals surface area contributed by atoms with Crippen molar-refractivity contribution in [2.24, 2.45) is 0 Å². The Balaban J connectivity index is 2.11. The molecule has 5 heteroatoms. The van der Waals surface area contributed by atoms with E-state index in [1.165, 1.54) is 0 Å². The number of methoxy groups -OCH3 is 1. The normalized spacial score (nSPS) is 16.2. The van der Waals surface area contributed by atoms with Crippen LogP contribution in [-0.4, -0.2) is 39.0 Å². The molecule has 20 heavy (non-hydrogen) atoms. The van der Waals surface area contributed by atoms with Gasteiger partial charge in [0.15, 0.2) is 5.65 Å². The molecule has 2 aromatic rings. The monoisotopic (exact) mass is 277 g/mol. The second kappa shape index (κ2) is 6.33. The Hall–Kier alpha value is -1.46. The molecule has 1 N–H and O–H groups in total. The summed E-state index contributed by atoms with van der Waals surface area (Å²) in [5.41, 5.74) is 1.49. The maximum absolute atomic E-state index is 9.40. The Labute approximate surface area is 119 Å². The molecule has 0 amide bonds. The van der Waals surface area contributed by atoms with E-state index in [2.05, 4.69) is 17.0 Å². The van der Waals surface area contributed by atoms with Gasteiger partial charge >= 0.3 is 0 Å². The van der Waals surface area contributed by atoms with Gasteiger partial charge < -0.3 is 9.84 Å². The molecule has 0 aliphatic heterocycles. The van der Waals surface area contributed by atoms with Crippen LogP contribution in [0.4, 0.5) is 0 Å². The number of fused-ring (bicyclic) bond motifs is 1. The van der Waals surface area contributed by atoms with E-state index in [0.717, 1.165) is 30.6 Å². The van der Waals surface area contributed by atoms with Crippen LogP contribution in [0, 0.1) is 0 Å². The molecule has 0 saturated heterocycles. The van der Waals surface area contributed by atoms with E-state index in [0.29, 0.717) is 5.92 Å². The first-order valence-corrected chi connectivity index (χ1v) is 7.08. The lowest BCUT2D eigenvalue weighted by atomic mass is 9.90. The Bertz CT molecular complexity index is 549. The molecule has 0 radical (unpaired) electrons. The van der Waals surface area contributed by atoms with Crippen LogP contribution in [0.25, 0.3) is 5.65 Å². The van der Waals surface area contributed by atoms with Crippen molar-refractivity contribution >= 4 is 5.65 Å². The SMILES string of the molecule is CCC(CCC(C)(CO)OC)c1ccn2nccc2n1. The molecule has 0 spiro atoms. The molecule has 0 bridgehead atoms. The van der Waals surface area contributed by atoms with Gasteiger partial charge in [0.05, 0.1) is 18.4 Å². The molecule has 0 fully saturated rings. The first-order chi connectivity index (χ1) is 9.61. The molecule has 0 aromatic carbocycles. The fourth-order valence-corrected chi connectivity index (χ4v) is 2.34. The van der Waals surface area contributed by atoms with Crippen LogP contribution in [0.2, 0.25) is 0 Å². The molecule has 5 nitrogen and oxygen atoms in total. The van der Waals surface area contributed by atoms with Gasteiger partial charge in [-0.2, -0.15) is 5.10 Å². The first-order valence-electron chi connectivity index (χ1n) is 7.08. The van der Waals surface area contributed by atoms with Gasteiger partial charge in [-0.1, -0.05) is 6.92 Å². The molecule has 0 aliphatic carbocycles. The summed E-state index contributed by atoms with van der Waals surface area (Å²) in [7, 11) is 1.65. The van der Waals surface area contributed by atoms with E-state index in [9.17, 15) is 5.11 Å². The van der Waals surface area contributed by atoms with Gasteiger partial charge in [-0.25, -0.2) is 9.50 Å². The smallest absolute Gasteiger partial charge is 0.155 e. The highest BCUT2D eigenvalue weighted by Crippen LogP contribution is 2.28. The number of hydrogen-bond donors (Lipinski definition) is 1. The summed E-state index contributed by atoms with van der Waals surface area (Å²) < 4.78 is 7.16. The van der Waals surface area contributed by atoms with E-state index < -0.39 is 5.60 Å². The minimum atomic E-state index is -0.464. The number of aliphatic hydroxyl groups is 1. The van der Waals surface area contributed by atoms with Gasteiger partial charge in [0, 0.05) is 31.0 Å². The average Bonchev–Trinajstić information content (AvgIpc) is 2.95. The third kappa shape index (κ3) is 3.16. The van der Waals surface area contributed by atoms with E-state index in [1.807, 2.05) is 25.3 Å². The molecule has 2 heterocycles. The summed E-state index contributed by atoms with van der Waals surface area (Å²) in [6.45, 7) is 4.14. The van der Waals surface area contributed by atoms with Gasteiger partial charge in [-0.05, 0) is 32.3 Å². The van der Waals surface area contributed by atoms with E-state index in [-0.39, 0.29) is 6.61 Å². The van der Waals surface area contributed by atoms with Crippen molar-refractivity contribution in [1.29, 1.82) is 0 Å². The summed E-state index contributed by atoms with van der Waals surface area (Å²) in [5, 5.41) is 13.6. The standard InChI is InChI=1S/C15H23N3O2/c1-4-12(5-8-15(2,11-19)20-3)13-7-10-18-14(17-13)6-9-16-18/h6-7,9-10,12,19H,4-5,8,11H2,1-3H3. The fraction of sp³-hybridized carbons (Fsp3) is 0.600. The van der Waals surface area contributed by atoms with Crippen LogP contribution < -0.4 is 0 Å². The summed E-state index contributed by atoms with van der Waals surface area (Å²) in [6, 6.07) is 3.93. The number of nitrogens with zero attached hydrogens (tertiary/aromatic N) is 3. The quantitative estimate of drug-likeness (QED) is 0.844. The van der Waals surface area contributed by atoms with Crippen LogP contribution in [0.1, 0.15) is 44.7 Å². The Morgan fingerprint density at radius 1 is 1.45 bits per heavy atom. The molecule has 0 aliphatic rings. The van der Waals surface area contributed by atoms with Crippen LogP contribution >= 0.6 is 0 Å². The second-order valence-electron chi connectivity index (χ2n) is 5.44. The van der Waals surface area contributed by atoms with Crippen LogP contribution in [-0.2, 0) is 4.74 Å². The average molecular weight is 277 g/mol. The molecule has 2 unspecified atom stereocenters. The maximum atomic E-state index is 9.40. The van der Waals surface area contributed by atoms with Crippen molar-refractivity contribution in [1.82, 2.24) is 14.6 Å². The first kappa shape index (κ1) is 14.9. The topological polar surface area (TPSA) is 59.7 Å². The van der Waals surface area contributed by atoms with Crippen molar-refractivity contribution in [3.05, 3.63) is 30.2 Å². The lowest BCUT2D eigenvalue weighted by Gasteiger charge is -2.27. The number of rotatable bonds is 7. The third-order valence-corrected chi connectivity index (χ3v) is 4.04. The molecule has 2 rings (SSSR count). The number of aliphatic hydroxyl groups excluding tert-OH is 1. The van der Waals surface area contributed by atoms with Crippen molar-refractivity contribution in [3.8, 4) is 0 Å². The Morgan fingerprint density at radius 3 is 2.90 bits per heavy atom. The van der Waals surface area contributed by atoms with Gasteiger partial charge in [0.2, 0.25) is 0 Å². The second-order valence-corrected chi connectivity index (χ2v) is 5.44. The van der Waals surface area contributed by atoms with Gasteiger partial charge in [-0.3, -0.25) is 0 Å². The van der Waals surface area contributed by atoms with Crippen molar-refractivity contribution in [2.45, 2.75) is 44.6 Å². The van der Waals surface area contributed by atoms with E-state index in [1.54, 1.807) is 17.8 Å². The lowest BCUT2D eigenvalue weighted by Crippen LogP contribution is -2.32. The van der Waals surface area contributed by atoms with Gasteiger partial charge in [0.25, 0.3) is 0 Å². The summed E-state index contributed by atoms with van der Waals surface area (Å²) in [5.74, 6) is 0.371. The molecule has 2 aromatic heterocycles. The molecular formula is C15H23N3O2. The van der Waals surface area contributed by atoms with Crippen LogP contribution in [0.5, 0.6) is 0 Å². The zero-order chi connectivity index (χ0) is 14.6. The van der Waals surface area contributed by atoms with Crippen LogP contribution in [0.15, 0.2) is 24.5 Å². The fourth-order valence-electron chi connectivity index (χ4n) is 2.34. The predicted molar refractivity (Wildman–Crippen MR) is 77.8 cm³/mol. The zero-order valence-electron chi connectivity index (χ0n) is 12.4. The highest BCUT2D eigenvalue weighted by atomic mass is 16.5. The Morgan fingerprint density at radius 2 is 2.25 bits per heavy atom. The summed E-state index contributed by atoms with van der Waals surface area (Å²) >= 11 is 0. The van der Waals surface area contributed by atoms with E-state index in [4.69, 9.17) is 4.74 Å². The Kier molecular flexibility index (Phi) is 4.73. The molecule has 110 valence electrons. The third-order valence-electron chi connectivity index (χ3n) is 4.04. The minimum Gasteiger partial charge on any atom is -0.393 e. The van der Waals surface area contributed by atoms with Crippen molar-refractivity contribution in [3.63, 3.8) is 0 Å². The molecule has 2 atom stereocenters. The zero-order valence-corrected chi connectivity index (χ0v) is 12.4. The van der Waals surface area contributed by atoms with Gasteiger partial charge in [-0.15, -0.1) is 0 Å². The number of ether oxygens (including phenoxy) is 1. The van der Waals surface area contributed by atoms with Crippen LogP contribution in [0.3, 0.4) is 0 Å². The number of aromatic nitrogens is 3. The van der Waals surface area contributed by atoms with Crippen molar-refractivity contribution < 1.29 is 9.84 Å². The highest BCUT2D eigenvalue weighted by molar-refractivity contribution is 5.36. The molecule has 0 saturated carbocycles. The van der Waals surface area contributed by atoms with Crippen molar-refractivity contribution in [2.75, 3.05) is 13.7 Å². The minimum absolute atomic E-state index is 0.0367. The largest absolute Gasteiger partial charge is 0.393 e. The van der Waals surface area contributed by atoms with E-state index >= 15 is 0 Å². The van der Waals surface area contributed by atoms with Gasteiger partial charge in [0.1, 0.15) is 0 Å². The number of hydrogen-bond acceptors (Lipinski definition) is 4. The molecular weight excluding hydrogens is 254 g/mol. The predicted octanol–water partition coefficient (Wildman–Crippen LogP) is 2.40. The maximum Gasteiger partial charge on any atom is 0.155 e. The highest BCUT2D eigenvalue weighted by Gasteiger charge is 2.24. The summed E-state index contributed by atoms with van der Waals surface area (Å²) in [4.78, 5) is 4.66. The lowest BCUT2D eigenvalue weighted by molar-refractivity contribution is -0.0455. The summed E-state index contributed by atoms with van der Waals surface area (Å²) in [6.07, 6.45) is 6.47.